The maximum Gasteiger partial charge on any atom is 0.233 e. The van der Waals surface area contributed by atoms with Gasteiger partial charge in [0, 0.05) is 32.0 Å². The van der Waals surface area contributed by atoms with Crippen molar-refractivity contribution in [1.29, 1.82) is 0 Å². The molecule has 2 fully saturated rings. The second-order valence-electron chi connectivity index (χ2n) is 7.26. The first kappa shape index (κ1) is 17.9. The van der Waals surface area contributed by atoms with E-state index in [1.165, 1.54) is 0 Å². The fraction of sp³-hybridized carbons (Fsp3) is 0.476. The maximum atomic E-state index is 13.7. The van der Waals surface area contributed by atoms with Crippen molar-refractivity contribution in [2.45, 2.75) is 37.2 Å². The van der Waals surface area contributed by atoms with Crippen molar-refractivity contribution < 1.29 is 14.3 Å². The van der Waals surface area contributed by atoms with Gasteiger partial charge in [0.1, 0.15) is 6.10 Å². The molecule has 0 N–H and O–H groups in total. The van der Waals surface area contributed by atoms with Crippen LogP contribution in [-0.4, -0.2) is 53.4 Å². The van der Waals surface area contributed by atoms with E-state index in [4.69, 9.17) is 9.47 Å². The molecule has 2 aliphatic heterocycles. The number of piperidine rings is 1. The molecule has 4 rings (SSSR count). The summed E-state index contributed by atoms with van der Waals surface area (Å²) in [6.45, 7) is 2.60. The molecule has 0 aliphatic carbocycles. The summed E-state index contributed by atoms with van der Waals surface area (Å²) in [4.78, 5) is 15.6. The molecule has 27 heavy (non-hydrogen) atoms. The smallest absolute Gasteiger partial charge is 0.233 e. The number of hydrogen-bond donors (Lipinski definition) is 0. The van der Waals surface area contributed by atoms with E-state index in [1.807, 2.05) is 23.1 Å². The SMILES string of the molecule is O=C(N1CCCC(Oc2cccnn2)C1)C1(c2ccccc2)CCOCC1. The summed E-state index contributed by atoms with van der Waals surface area (Å²) in [6.07, 6.45) is 4.87. The zero-order chi connectivity index (χ0) is 18.5. The summed E-state index contributed by atoms with van der Waals surface area (Å²) in [5, 5.41) is 7.86. The Bertz CT molecular complexity index is 748. The van der Waals surface area contributed by atoms with Crippen LogP contribution in [0.2, 0.25) is 0 Å². The van der Waals surface area contributed by atoms with Gasteiger partial charge in [-0.2, -0.15) is 5.10 Å². The Morgan fingerprint density at radius 1 is 1.15 bits per heavy atom. The highest BCUT2D eigenvalue weighted by molar-refractivity contribution is 5.88. The molecule has 3 heterocycles. The molecule has 6 heteroatoms. The van der Waals surface area contributed by atoms with Crippen molar-refractivity contribution in [3.05, 3.63) is 54.2 Å². The Kier molecular flexibility index (Phi) is 5.34. The molecule has 6 nitrogen and oxygen atoms in total. The predicted octanol–water partition coefficient (Wildman–Crippen LogP) is 2.59. The van der Waals surface area contributed by atoms with Gasteiger partial charge in [-0.15, -0.1) is 5.10 Å². The highest BCUT2D eigenvalue weighted by atomic mass is 16.5. The molecule has 0 bridgehead atoms. The van der Waals surface area contributed by atoms with Gasteiger partial charge in [0.2, 0.25) is 11.8 Å². The van der Waals surface area contributed by atoms with E-state index in [-0.39, 0.29) is 12.0 Å². The van der Waals surface area contributed by atoms with Crippen LogP contribution in [0.15, 0.2) is 48.7 Å². The van der Waals surface area contributed by atoms with Gasteiger partial charge >= 0.3 is 0 Å². The molecule has 0 saturated carbocycles. The summed E-state index contributed by atoms with van der Waals surface area (Å²) in [5.74, 6) is 0.713. The standard InChI is InChI=1S/C21H25N3O3/c25-20(21(10-14-26-15-11-21)17-6-2-1-3-7-17)24-13-5-8-18(16-24)27-19-9-4-12-22-23-19/h1-4,6-7,9,12,18H,5,8,10-11,13-16H2. The van der Waals surface area contributed by atoms with Crippen LogP contribution < -0.4 is 4.74 Å². The Morgan fingerprint density at radius 3 is 2.70 bits per heavy atom. The number of amides is 1. The first-order valence-corrected chi connectivity index (χ1v) is 9.65. The molecular formula is C21H25N3O3. The number of benzene rings is 1. The molecule has 2 aliphatic rings. The zero-order valence-electron chi connectivity index (χ0n) is 15.4. The van der Waals surface area contributed by atoms with Crippen LogP contribution in [0, 0.1) is 0 Å². The average Bonchev–Trinajstić information content (AvgIpc) is 2.75. The number of likely N-dealkylation sites (tertiary alicyclic amines) is 1. The first-order valence-electron chi connectivity index (χ1n) is 9.65. The zero-order valence-corrected chi connectivity index (χ0v) is 15.4. The van der Waals surface area contributed by atoms with Gasteiger partial charge in [0.15, 0.2) is 0 Å². The lowest BCUT2D eigenvalue weighted by Crippen LogP contribution is -2.54. The largest absolute Gasteiger partial charge is 0.471 e. The monoisotopic (exact) mass is 367 g/mol. The van der Waals surface area contributed by atoms with Crippen LogP contribution in [0.1, 0.15) is 31.2 Å². The fourth-order valence-electron chi connectivity index (χ4n) is 4.15. The summed E-state index contributed by atoms with van der Waals surface area (Å²) in [6, 6.07) is 13.8. The van der Waals surface area contributed by atoms with E-state index in [0.717, 1.165) is 37.8 Å². The maximum absolute atomic E-state index is 13.7. The number of carbonyl (C=O) groups excluding carboxylic acids is 1. The summed E-state index contributed by atoms with van der Waals surface area (Å²) in [5.41, 5.74) is 0.601. The molecule has 0 radical (unpaired) electrons. The molecule has 142 valence electrons. The van der Waals surface area contributed by atoms with Gasteiger partial charge in [-0.3, -0.25) is 4.79 Å². The van der Waals surface area contributed by atoms with E-state index in [9.17, 15) is 4.79 Å². The lowest BCUT2D eigenvalue weighted by molar-refractivity contribution is -0.144. The van der Waals surface area contributed by atoms with Crippen LogP contribution in [0.4, 0.5) is 0 Å². The lowest BCUT2D eigenvalue weighted by atomic mass is 9.72. The van der Waals surface area contributed by atoms with Crippen LogP contribution in [0.25, 0.3) is 0 Å². The quantitative estimate of drug-likeness (QED) is 0.831. The van der Waals surface area contributed by atoms with E-state index in [2.05, 4.69) is 22.3 Å². The number of ether oxygens (including phenoxy) is 2. The molecule has 0 spiro atoms. The lowest BCUT2D eigenvalue weighted by Gasteiger charge is -2.42. The minimum absolute atomic E-state index is 0.0490. The molecule has 1 amide bonds. The van der Waals surface area contributed by atoms with Crippen LogP contribution in [0.5, 0.6) is 5.88 Å². The average molecular weight is 367 g/mol. The van der Waals surface area contributed by atoms with E-state index >= 15 is 0 Å². The van der Waals surface area contributed by atoms with Gasteiger partial charge in [0.25, 0.3) is 0 Å². The molecule has 2 aromatic rings. The Labute approximate surface area is 159 Å². The van der Waals surface area contributed by atoms with Crippen molar-refractivity contribution in [3.63, 3.8) is 0 Å². The Hall–Kier alpha value is -2.47. The highest BCUT2D eigenvalue weighted by Gasteiger charge is 2.45. The van der Waals surface area contributed by atoms with Gasteiger partial charge in [-0.1, -0.05) is 30.3 Å². The topological polar surface area (TPSA) is 64.6 Å². The number of carbonyl (C=O) groups is 1. The molecule has 1 atom stereocenters. The second-order valence-corrected chi connectivity index (χ2v) is 7.26. The van der Waals surface area contributed by atoms with Crippen LogP contribution >= 0.6 is 0 Å². The normalized spacial score (nSPS) is 22.2. The van der Waals surface area contributed by atoms with Gasteiger partial charge in [0.05, 0.1) is 12.0 Å². The third-order valence-corrected chi connectivity index (χ3v) is 5.58. The number of hydrogen-bond acceptors (Lipinski definition) is 5. The van der Waals surface area contributed by atoms with Crippen LogP contribution in [0.3, 0.4) is 0 Å². The molecule has 1 aromatic heterocycles. The van der Waals surface area contributed by atoms with E-state index in [1.54, 1.807) is 18.3 Å². The minimum atomic E-state index is -0.492. The number of rotatable bonds is 4. The van der Waals surface area contributed by atoms with Gasteiger partial charge in [-0.25, -0.2) is 0 Å². The number of nitrogens with zero attached hydrogens (tertiary/aromatic N) is 3. The second kappa shape index (κ2) is 8.05. The van der Waals surface area contributed by atoms with Crippen molar-refractivity contribution in [1.82, 2.24) is 15.1 Å². The fourth-order valence-corrected chi connectivity index (χ4v) is 4.15. The predicted molar refractivity (Wildman–Crippen MR) is 100 cm³/mol. The molecule has 1 aromatic carbocycles. The molecule has 1 unspecified atom stereocenters. The van der Waals surface area contributed by atoms with Gasteiger partial charge < -0.3 is 14.4 Å². The highest BCUT2D eigenvalue weighted by Crippen LogP contribution is 2.37. The Balaban J connectivity index is 1.52. The van der Waals surface area contributed by atoms with Crippen molar-refractivity contribution >= 4 is 5.91 Å². The minimum Gasteiger partial charge on any atom is -0.471 e. The third-order valence-electron chi connectivity index (χ3n) is 5.58. The van der Waals surface area contributed by atoms with Crippen LogP contribution in [-0.2, 0) is 14.9 Å². The van der Waals surface area contributed by atoms with Crippen molar-refractivity contribution in [2.24, 2.45) is 0 Å². The number of aromatic nitrogens is 2. The third kappa shape index (κ3) is 3.81. The van der Waals surface area contributed by atoms with E-state index in [0.29, 0.717) is 25.6 Å². The van der Waals surface area contributed by atoms with Crippen molar-refractivity contribution in [2.75, 3.05) is 26.3 Å². The van der Waals surface area contributed by atoms with Crippen molar-refractivity contribution in [3.8, 4) is 5.88 Å². The Morgan fingerprint density at radius 2 is 1.96 bits per heavy atom. The molecular weight excluding hydrogens is 342 g/mol. The summed E-state index contributed by atoms with van der Waals surface area (Å²) >= 11 is 0. The summed E-state index contributed by atoms with van der Waals surface area (Å²) < 4.78 is 11.5. The summed E-state index contributed by atoms with van der Waals surface area (Å²) in [7, 11) is 0. The molecule has 2 saturated heterocycles. The van der Waals surface area contributed by atoms with E-state index < -0.39 is 5.41 Å². The first-order chi connectivity index (χ1) is 13.3. The van der Waals surface area contributed by atoms with Gasteiger partial charge in [-0.05, 0) is 37.3 Å².